The van der Waals surface area contributed by atoms with Gasteiger partial charge < -0.3 is 15.4 Å². The van der Waals surface area contributed by atoms with Gasteiger partial charge in [-0.1, -0.05) is 11.6 Å². The molecule has 15 heavy (non-hydrogen) atoms. The summed E-state index contributed by atoms with van der Waals surface area (Å²) >= 11 is 5.88. The minimum Gasteiger partial charge on any atom is -0.506 e. The van der Waals surface area contributed by atoms with Crippen LogP contribution in [0.4, 0.5) is 0 Å². The molecule has 2 aromatic rings. The number of hydrogen-bond donors (Lipinski definition) is 2. The van der Waals surface area contributed by atoms with Crippen LogP contribution in [0.15, 0.2) is 12.1 Å². The number of aryl methyl sites for hydroxylation is 1. The molecule has 1 aromatic carbocycles. The summed E-state index contributed by atoms with van der Waals surface area (Å²) in [7, 11) is 1.95. The minimum atomic E-state index is 0.123. The summed E-state index contributed by atoms with van der Waals surface area (Å²) in [5, 5.41) is 11.0. The summed E-state index contributed by atoms with van der Waals surface area (Å²) < 4.78 is 2.01. The Balaban J connectivity index is 2.98. The molecule has 0 aliphatic rings. The van der Waals surface area contributed by atoms with Gasteiger partial charge in [0.2, 0.25) is 0 Å². The second-order valence-corrected chi connectivity index (χ2v) is 4.02. The summed E-state index contributed by atoms with van der Waals surface area (Å²) in [5.74, 6) is 0.123. The normalized spacial score (nSPS) is 11.2. The topological polar surface area (TPSA) is 51.2 Å². The largest absolute Gasteiger partial charge is 0.506 e. The van der Waals surface area contributed by atoms with Crippen LogP contribution in [0.5, 0.6) is 5.75 Å². The van der Waals surface area contributed by atoms with E-state index in [0.29, 0.717) is 11.6 Å². The highest BCUT2D eigenvalue weighted by Crippen LogP contribution is 2.36. The smallest absolute Gasteiger partial charge is 0.143 e. The van der Waals surface area contributed by atoms with E-state index in [9.17, 15) is 5.11 Å². The Morgan fingerprint density at radius 2 is 2.13 bits per heavy atom. The van der Waals surface area contributed by atoms with Crippen molar-refractivity contribution in [3.63, 3.8) is 0 Å². The van der Waals surface area contributed by atoms with Gasteiger partial charge >= 0.3 is 0 Å². The molecule has 0 fully saturated rings. The molecule has 2 rings (SSSR count). The van der Waals surface area contributed by atoms with Crippen molar-refractivity contribution in [1.29, 1.82) is 0 Å². The van der Waals surface area contributed by atoms with E-state index in [0.717, 1.165) is 22.2 Å². The van der Waals surface area contributed by atoms with E-state index >= 15 is 0 Å². The maximum atomic E-state index is 9.91. The van der Waals surface area contributed by atoms with Gasteiger partial charge in [-0.15, -0.1) is 0 Å². The Labute approximate surface area is 93.1 Å². The molecule has 0 unspecified atom stereocenters. The highest BCUT2D eigenvalue weighted by atomic mass is 35.5. The second kappa shape index (κ2) is 3.43. The second-order valence-electron chi connectivity index (χ2n) is 3.62. The van der Waals surface area contributed by atoms with Crippen molar-refractivity contribution in [1.82, 2.24) is 4.57 Å². The van der Waals surface area contributed by atoms with Crippen LogP contribution in [0.25, 0.3) is 10.9 Å². The number of aromatic nitrogens is 1. The van der Waals surface area contributed by atoms with Crippen molar-refractivity contribution < 1.29 is 5.11 Å². The van der Waals surface area contributed by atoms with Crippen LogP contribution in [0.3, 0.4) is 0 Å². The first-order valence-electron chi connectivity index (χ1n) is 4.73. The SMILES string of the molecule is Cc1c(CN)c2c(O)c(Cl)ccc2n1C. The summed E-state index contributed by atoms with van der Waals surface area (Å²) in [4.78, 5) is 0. The van der Waals surface area contributed by atoms with Gasteiger partial charge in [-0.25, -0.2) is 0 Å². The molecule has 0 aliphatic heterocycles. The minimum absolute atomic E-state index is 0.123. The number of aromatic hydroxyl groups is 1. The molecular weight excluding hydrogens is 212 g/mol. The predicted octanol–water partition coefficient (Wildman–Crippen LogP) is 2.30. The zero-order valence-corrected chi connectivity index (χ0v) is 9.47. The third-order valence-corrected chi connectivity index (χ3v) is 3.22. The van der Waals surface area contributed by atoms with E-state index < -0.39 is 0 Å². The number of benzene rings is 1. The molecule has 3 nitrogen and oxygen atoms in total. The standard InChI is InChI=1S/C11H13ClN2O/c1-6-7(5-13)10-9(14(6)2)4-3-8(12)11(10)15/h3-4,15H,5,13H2,1-2H3. The lowest BCUT2D eigenvalue weighted by Crippen LogP contribution is -1.99. The van der Waals surface area contributed by atoms with Crippen molar-refractivity contribution in [2.75, 3.05) is 0 Å². The van der Waals surface area contributed by atoms with E-state index in [4.69, 9.17) is 17.3 Å². The summed E-state index contributed by atoms with van der Waals surface area (Å²) in [6.07, 6.45) is 0. The fraction of sp³-hybridized carbons (Fsp3) is 0.273. The van der Waals surface area contributed by atoms with Crippen molar-refractivity contribution in [3.05, 3.63) is 28.4 Å². The molecule has 0 aliphatic carbocycles. The summed E-state index contributed by atoms with van der Waals surface area (Å²) in [5.41, 5.74) is 8.65. The lowest BCUT2D eigenvalue weighted by atomic mass is 10.1. The van der Waals surface area contributed by atoms with Gasteiger partial charge in [0.05, 0.1) is 10.5 Å². The van der Waals surface area contributed by atoms with Crippen LogP contribution in [-0.4, -0.2) is 9.67 Å². The maximum Gasteiger partial charge on any atom is 0.143 e. The third-order valence-electron chi connectivity index (χ3n) is 2.91. The monoisotopic (exact) mass is 224 g/mol. The van der Waals surface area contributed by atoms with E-state index in [2.05, 4.69) is 0 Å². The summed E-state index contributed by atoms with van der Waals surface area (Å²) in [6.45, 7) is 2.38. The Morgan fingerprint density at radius 1 is 1.47 bits per heavy atom. The van der Waals surface area contributed by atoms with Gasteiger partial charge in [-0.3, -0.25) is 0 Å². The fourth-order valence-electron chi connectivity index (χ4n) is 1.95. The van der Waals surface area contributed by atoms with E-state index in [1.165, 1.54) is 0 Å². The number of rotatable bonds is 1. The third kappa shape index (κ3) is 1.31. The van der Waals surface area contributed by atoms with Gasteiger partial charge in [-0.2, -0.15) is 0 Å². The van der Waals surface area contributed by atoms with E-state index in [1.807, 2.05) is 24.6 Å². The predicted molar refractivity (Wildman–Crippen MR) is 62.2 cm³/mol. The lowest BCUT2D eigenvalue weighted by molar-refractivity contribution is 0.481. The van der Waals surface area contributed by atoms with Crippen LogP contribution < -0.4 is 5.73 Å². The Morgan fingerprint density at radius 3 is 2.73 bits per heavy atom. The first-order chi connectivity index (χ1) is 7.07. The number of nitrogens with two attached hydrogens (primary N) is 1. The Kier molecular flexibility index (Phi) is 2.37. The zero-order chi connectivity index (χ0) is 11.2. The molecule has 0 atom stereocenters. The van der Waals surface area contributed by atoms with Gasteiger partial charge in [0, 0.05) is 24.7 Å². The molecule has 0 saturated carbocycles. The van der Waals surface area contributed by atoms with Crippen molar-refractivity contribution >= 4 is 22.5 Å². The molecule has 80 valence electrons. The number of hydrogen-bond acceptors (Lipinski definition) is 2. The van der Waals surface area contributed by atoms with E-state index in [-0.39, 0.29) is 5.75 Å². The molecule has 0 bridgehead atoms. The molecule has 3 N–H and O–H groups in total. The van der Waals surface area contributed by atoms with Gasteiger partial charge in [0.15, 0.2) is 0 Å². The first kappa shape index (κ1) is 10.3. The maximum absolute atomic E-state index is 9.91. The zero-order valence-electron chi connectivity index (χ0n) is 8.71. The number of fused-ring (bicyclic) bond motifs is 1. The average Bonchev–Trinajstić information content (AvgIpc) is 2.47. The quantitative estimate of drug-likeness (QED) is 0.781. The summed E-state index contributed by atoms with van der Waals surface area (Å²) in [6, 6.07) is 3.59. The highest BCUT2D eigenvalue weighted by molar-refractivity contribution is 6.33. The van der Waals surface area contributed by atoms with E-state index in [1.54, 1.807) is 6.07 Å². The van der Waals surface area contributed by atoms with Crippen LogP contribution in [0, 0.1) is 6.92 Å². The van der Waals surface area contributed by atoms with Crippen LogP contribution in [0.2, 0.25) is 5.02 Å². The number of phenols is 1. The van der Waals surface area contributed by atoms with Gasteiger partial charge in [0.1, 0.15) is 5.75 Å². The van der Waals surface area contributed by atoms with Crippen LogP contribution >= 0.6 is 11.6 Å². The highest BCUT2D eigenvalue weighted by Gasteiger charge is 2.15. The molecule has 1 aromatic heterocycles. The van der Waals surface area contributed by atoms with Gasteiger partial charge in [0.25, 0.3) is 0 Å². The molecule has 0 amide bonds. The first-order valence-corrected chi connectivity index (χ1v) is 5.11. The molecule has 0 saturated heterocycles. The fourth-order valence-corrected chi connectivity index (χ4v) is 2.10. The molecule has 0 radical (unpaired) electrons. The molecule has 0 spiro atoms. The van der Waals surface area contributed by atoms with Crippen LogP contribution in [0.1, 0.15) is 11.3 Å². The number of phenolic OH excluding ortho intramolecular Hbond substituents is 1. The van der Waals surface area contributed by atoms with Crippen LogP contribution in [-0.2, 0) is 13.6 Å². The lowest BCUT2D eigenvalue weighted by Gasteiger charge is -2.01. The molecular formula is C11H13ClN2O. The Bertz CT molecular complexity index is 531. The average molecular weight is 225 g/mol. The van der Waals surface area contributed by atoms with Gasteiger partial charge in [-0.05, 0) is 24.6 Å². The van der Waals surface area contributed by atoms with Crippen molar-refractivity contribution in [2.24, 2.45) is 12.8 Å². The number of nitrogens with zero attached hydrogens (tertiary/aromatic N) is 1. The van der Waals surface area contributed by atoms with Crippen molar-refractivity contribution in [3.8, 4) is 5.75 Å². The molecule has 4 heteroatoms. The Hall–Kier alpha value is -1.19. The number of halogens is 1. The van der Waals surface area contributed by atoms with Crippen molar-refractivity contribution in [2.45, 2.75) is 13.5 Å². The molecule has 1 heterocycles.